The molecule has 0 aromatic heterocycles. The average molecular weight is 355 g/mol. The summed E-state index contributed by atoms with van der Waals surface area (Å²) in [7, 11) is 0. The van der Waals surface area contributed by atoms with Crippen molar-refractivity contribution in [1.29, 1.82) is 0 Å². The van der Waals surface area contributed by atoms with Gasteiger partial charge in [0.1, 0.15) is 13.2 Å². The highest BCUT2D eigenvalue weighted by atomic mass is 16.7. The van der Waals surface area contributed by atoms with E-state index in [0.29, 0.717) is 26.1 Å². The summed E-state index contributed by atoms with van der Waals surface area (Å²) in [4.78, 5) is 12.3. The van der Waals surface area contributed by atoms with Crippen LogP contribution in [0.4, 0.5) is 0 Å². The topological polar surface area (TPSA) is 66.0 Å². The molecule has 2 heterocycles. The molecule has 1 N–H and O–H groups in total. The molecule has 2 aliphatic heterocycles. The summed E-state index contributed by atoms with van der Waals surface area (Å²) in [5.74, 6) is 2.99. The van der Waals surface area contributed by atoms with E-state index in [1.807, 2.05) is 43.3 Å². The molecule has 0 fully saturated rings. The molecule has 0 bridgehead atoms. The van der Waals surface area contributed by atoms with Gasteiger partial charge in [0.2, 0.25) is 12.7 Å². The Morgan fingerprint density at radius 1 is 0.962 bits per heavy atom. The van der Waals surface area contributed by atoms with E-state index in [-0.39, 0.29) is 18.7 Å². The van der Waals surface area contributed by atoms with Crippen LogP contribution in [0.3, 0.4) is 0 Å². The van der Waals surface area contributed by atoms with Crippen LogP contribution in [0.2, 0.25) is 0 Å². The van der Waals surface area contributed by atoms with Gasteiger partial charge in [-0.05, 0) is 48.7 Å². The monoisotopic (exact) mass is 355 g/mol. The van der Waals surface area contributed by atoms with Gasteiger partial charge < -0.3 is 24.3 Å². The van der Waals surface area contributed by atoms with Crippen molar-refractivity contribution in [2.75, 3.05) is 20.0 Å². The predicted octanol–water partition coefficient (Wildman–Crippen LogP) is 3.00. The number of amides is 1. The molecule has 1 amide bonds. The van der Waals surface area contributed by atoms with E-state index in [0.717, 1.165) is 34.1 Å². The van der Waals surface area contributed by atoms with Gasteiger partial charge in [-0.25, -0.2) is 0 Å². The SMILES string of the molecule is CC(NC(=O)CCc1ccc2c(c1)OCCO2)c1ccc2c(c1)OCO2. The number of carbonyl (C=O) groups excluding carboxylic acids is 1. The van der Waals surface area contributed by atoms with E-state index < -0.39 is 0 Å². The standard InChI is InChI=1S/C20H21NO5/c1-13(15-4-6-17-19(11-15)26-12-25-17)21-20(22)7-3-14-2-5-16-18(10-14)24-9-8-23-16/h2,4-6,10-11,13H,3,7-9,12H2,1H3,(H,21,22). The molecule has 0 saturated heterocycles. The number of ether oxygens (including phenoxy) is 4. The number of aryl methyl sites for hydroxylation is 1. The molecule has 6 heteroatoms. The fourth-order valence-corrected chi connectivity index (χ4v) is 3.08. The summed E-state index contributed by atoms with van der Waals surface area (Å²) in [6.45, 7) is 3.34. The number of rotatable bonds is 5. The molecule has 1 atom stereocenters. The Labute approximate surface area is 152 Å². The minimum atomic E-state index is -0.0998. The number of carbonyl (C=O) groups is 1. The van der Waals surface area contributed by atoms with E-state index in [2.05, 4.69) is 5.32 Å². The van der Waals surface area contributed by atoms with Crippen LogP contribution in [0.15, 0.2) is 36.4 Å². The van der Waals surface area contributed by atoms with E-state index in [1.165, 1.54) is 0 Å². The highest BCUT2D eigenvalue weighted by molar-refractivity contribution is 5.76. The van der Waals surface area contributed by atoms with Crippen LogP contribution in [0, 0.1) is 0 Å². The molecule has 136 valence electrons. The molecule has 26 heavy (non-hydrogen) atoms. The van der Waals surface area contributed by atoms with Crippen molar-refractivity contribution in [3.8, 4) is 23.0 Å². The van der Waals surface area contributed by atoms with Gasteiger partial charge in [-0.1, -0.05) is 12.1 Å². The van der Waals surface area contributed by atoms with E-state index in [4.69, 9.17) is 18.9 Å². The van der Waals surface area contributed by atoms with Crippen molar-refractivity contribution in [2.24, 2.45) is 0 Å². The lowest BCUT2D eigenvalue weighted by Gasteiger charge is -2.19. The normalized spacial score (nSPS) is 15.4. The van der Waals surface area contributed by atoms with E-state index in [1.54, 1.807) is 0 Å². The van der Waals surface area contributed by atoms with Gasteiger partial charge in [0, 0.05) is 6.42 Å². The van der Waals surface area contributed by atoms with Gasteiger partial charge in [-0.3, -0.25) is 4.79 Å². The number of fused-ring (bicyclic) bond motifs is 2. The predicted molar refractivity (Wildman–Crippen MR) is 94.9 cm³/mol. The largest absolute Gasteiger partial charge is 0.486 e. The lowest BCUT2D eigenvalue weighted by molar-refractivity contribution is -0.121. The van der Waals surface area contributed by atoms with Crippen molar-refractivity contribution in [3.05, 3.63) is 47.5 Å². The second-order valence-corrected chi connectivity index (χ2v) is 6.38. The molecule has 2 aromatic rings. The van der Waals surface area contributed by atoms with Crippen molar-refractivity contribution in [1.82, 2.24) is 5.32 Å². The second kappa shape index (κ2) is 7.15. The zero-order chi connectivity index (χ0) is 17.9. The molecule has 0 radical (unpaired) electrons. The summed E-state index contributed by atoms with van der Waals surface area (Å²) in [5.41, 5.74) is 2.04. The summed E-state index contributed by atoms with van der Waals surface area (Å²) < 4.78 is 21.8. The molecule has 2 aliphatic rings. The fraction of sp³-hybridized carbons (Fsp3) is 0.350. The third-order valence-corrected chi connectivity index (χ3v) is 4.52. The lowest BCUT2D eigenvalue weighted by atomic mass is 10.1. The van der Waals surface area contributed by atoms with Gasteiger partial charge in [-0.2, -0.15) is 0 Å². The molecule has 2 aromatic carbocycles. The quantitative estimate of drug-likeness (QED) is 0.893. The first kappa shape index (κ1) is 16.6. The Bertz CT molecular complexity index is 820. The maximum Gasteiger partial charge on any atom is 0.231 e. The van der Waals surface area contributed by atoms with Gasteiger partial charge in [-0.15, -0.1) is 0 Å². The van der Waals surface area contributed by atoms with Crippen LogP contribution in [-0.2, 0) is 11.2 Å². The molecule has 0 saturated carbocycles. The van der Waals surface area contributed by atoms with Gasteiger partial charge in [0.15, 0.2) is 23.0 Å². The van der Waals surface area contributed by atoms with Crippen LogP contribution in [0.1, 0.15) is 30.5 Å². The van der Waals surface area contributed by atoms with Crippen molar-refractivity contribution in [3.63, 3.8) is 0 Å². The Morgan fingerprint density at radius 3 is 2.54 bits per heavy atom. The number of benzene rings is 2. The fourth-order valence-electron chi connectivity index (χ4n) is 3.08. The van der Waals surface area contributed by atoms with Crippen LogP contribution in [0.25, 0.3) is 0 Å². The third-order valence-electron chi connectivity index (χ3n) is 4.52. The molecule has 0 spiro atoms. The highest BCUT2D eigenvalue weighted by Crippen LogP contribution is 2.34. The van der Waals surface area contributed by atoms with Crippen molar-refractivity contribution in [2.45, 2.75) is 25.8 Å². The van der Waals surface area contributed by atoms with Crippen LogP contribution < -0.4 is 24.3 Å². The van der Waals surface area contributed by atoms with Crippen LogP contribution in [0.5, 0.6) is 23.0 Å². The molecule has 1 unspecified atom stereocenters. The second-order valence-electron chi connectivity index (χ2n) is 6.38. The Hall–Kier alpha value is -2.89. The first-order valence-corrected chi connectivity index (χ1v) is 8.76. The smallest absolute Gasteiger partial charge is 0.231 e. The highest BCUT2D eigenvalue weighted by Gasteiger charge is 2.17. The zero-order valence-corrected chi connectivity index (χ0v) is 14.6. The molecular weight excluding hydrogens is 334 g/mol. The summed E-state index contributed by atoms with van der Waals surface area (Å²) in [6.07, 6.45) is 1.06. The van der Waals surface area contributed by atoms with Crippen molar-refractivity contribution < 1.29 is 23.7 Å². The Morgan fingerprint density at radius 2 is 1.65 bits per heavy atom. The minimum absolute atomic E-state index is 0.00468. The molecule has 4 rings (SSSR count). The first-order chi connectivity index (χ1) is 12.7. The lowest BCUT2D eigenvalue weighted by Crippen LogP contribution is -2.26. The van der Waals surface area contributed by atoms with Gasteiger partial charge in [0.05, 0.1) is 6.04 Å². The Balaban J connectivity index is 1.32. The van der Waals surface area contributed by atoms with Crippen LogP contribution in [-0.4, -0.2) is 25.9 Å². The summed E-state index contributed by atoms with van der Waals surface area (Å²) in [5, 5.41) is 3.03. The maximum atomic E-state index is 12.3. The summed E-state index contributed by atoms with van der Waals surface area (Å²) >= 11 is 0. The van der Waals surface area contributed by atoms with E-state index in [9.17, 15) is 4.79 Å². The molecule has 6 nitrogen and oxygen atoms in total. The summed E-state index contributed by atoms with van der Waals surface area (Å²) in [6, 6.07) is 11.4. The number of hydrogen-bond acceptors (Lipinski definition) is 5. The molecular formula is C20H21NO5. The average Bonchev–Trinajstić information content (AvgIpc) is 3.14. The van der Waals surface area contributed by atoms with Gasteiger partial charge >= 0.3 is 0 Å². The number of nitrogens with one attached hydrogen (secondary N) is 1. The third kappa shape index (κ3) is 3.54. The maximum absolute atomic E-state index is 12.3. The minimum Gasteiger partial charge on any atom is -0.486 e. The van der Waals surface area contributed by atoms with Gasteiger partial charge in [0.25, 0.3) is 0 Å². The zero-order valence-electron chi connectivity index (χ0n) is 14.6. The number of hydrogen-bond donors (Lipinski definition) is 1. The Kier molecular flexibility index (Phi) is 4.56. The molecule has 0 aliphatic carbocycles. The first-order valence-electron chi connectivity index (χ1n) is 8.76. The van der Waals surface area contributed by atoms with Crippen molar-refractivity contribution >= 4 is 5.91 Å². The van der Waals surface area contributed by atoms with E-state index >= 15 is 0 Å². The van der Waals surface area contributed by atoms with Crippen LogP contribution >= 0.6 is 0 Å².